The molecule has 0 aliphatic carbocycles. The smallest absolute Gasteiger partial charge is 0.243 e. The van der Waals surface area contributed by atoms with Gasteiger partial charge in [0.1, 0.15) is 0 Å². The van der Waals surface area contributed by atoms with Gasteiger partial charge in [0, 0.05) is 55.8 Å². The minimum Gasteiger partial charge on any atom is -0.350 e. The Morgan fingerprint density at radius 1 is 0.969 bits per heavy atom. The van der Waals surface area contributed by atoms with E-state index in [1.165, 1.54) is 23.4 Å². The molecule has 0 bridgehead atoms. The van der Waals surface area contributed by atoms with Crippen molar-refractivity contribution >= 4 is 44.1 Å². The van der Waals surface area contributed by atoms with E-state index in [-0.39, 0.29) is 35.7 Å². The predicted molar refractivity (Wildman–Crippen MR) is 124 cm³/mol. The van der Waals surface area contributed by atoms with Crippen LogP contribution >= 0.6 is 0 Å². The van der Waals surface area contributed by atoms with E-state index in [0.717, 1.165) is 16.6 Å². The molecule has 0 spiro atoms. The highest BCUT2D eigenvalue weighted by Gasteiger charge is 2.32. The fourth-order valence-electron chi connectivity index (χ4n) is 4.07. The van der Waals surface area contributed by atoms with Crippen molar-refractivity contribution < 1.29 is 18.0 Å². The summed E-state index contributed by atoms with van der Waals surface area (Å²) in [6, 6.07) is 13.9. The third-order valence-corrected chi connectivity index (χ3v) is 7.74. The Hall–Kier alpha value is -3.17. The fourth-order valence-corrected chi connectivity index (χ4v) is 5.54. The molecule has 1 saturated heterocycles. The molecule has 1 aliphatic heterocycles. The summed E-state index contributed by atoms with van der Waals surface area (Å²) in [7, 11) is -1.70. The molecule has 32 heavy (non-hydrogen) atoms. The molecule has 2 heterocycles. The summed E-state index contributed by atoms with van der Waals surface area (Å²) in [4.78, 5) is 24.2. The first kappa shape index (κ1) is 22.0. The zero-order chi connectivity index (χ0) is 22.9. The third-order valence-electron chi connectivity index (χ3n) is 5.82. The average molecular weight is 455 g/mol. The van der Waals surface area contributed by atoms with Crippen molar-refractivity contribution in [3.8, 4) is 0 Å². The number of anilines is 2. The predicted octanol–water partition coefficient (Wildman–Crippen LogP) is 3.18. The van der Waals surface area contributed by atoms with Crippen LogP contribution in [0.1, 0.15) is 19.8 Å². The molecule has 0 radical (unpaired) electrons. The second-order valence-corrected chi connectivity index (χ2v) is 9.98. The van der Waals surface area contributed by atoms with Gasteiger partial charge in [-0.15, -0.1) is 0 Å². The van der Waals surface area contributed by atoms with Crippen LogP contribution in [0.5, 0.6) is 0 Å². The van der Waals surface area contributed by atoms with Gasteiger partial charge in [0.05, 0.1) is 10.6 Å². The van der Waals surface area contributed by atoms with E-state index in [4.69, 9.17) is 0 Å². The molecule has 4 rings (SSSR count). The number of piperidine rings is 1. The van der Waals surface area contributed by atoms with Crippen LogP contribution in [0.25, 0.3) is 10.9 Å². The Balaban J connectivity index is 1.39. The van der Waals surface area contributed by atoms with Crippen molar-refractivity contribution in [3.63, 3.8) is 0 Å². The van der Waals surface area contributed by atoms with Crippen molar-refractivity contribution in [1.29, 1.82) is 0 Å². The number of carbonyl (C=O) groups excluding carboxylic acids is 2. The van der Waals surface area contributed by atoms with Crippen LogP contribution in [-0.2, 0) is 26.7 Å². The summed E-state index contributed by atoms with van der Waals surface area (Å²) >= 11 is 0. The van der Waals surface area contributed by atoms with Crippen LogP contribution in [0.4, 0.5) is 11.4 Å². The van der Waals surface area contributed by atoms with Crippen molar-refractivity contribution in [2.75, 3.05) is 23.7 Å². The quantitative estimate of drug-likeness (QED) is 0.618. The first-order chi connectivity index (χ1) is 15.3. The molecule has 0 unspecified atom stereocenters. The van der Waals surface area contributed by atoms with Gasteiger partial charge >= 0.3 is 0 Å². The Bertz CT molecular complexity index is 1260. The summed E-state index contributed by atoms with van der Waals surface area (Å²) in [6.45, 7) is 1.96. The Morgan fingerprint density at radius 2 is 1.66 bits per heavy atom. The monoisotopic (exact) mass is 454 g/mol. The second kappa shape index (κ2) is 8.76. The van der Waals surface area contributed by atoms with E-state index in [2.05, 4.69) is 10.6 Å². The number of aromatic nitrogens is 1. The number of benzene rings is 2. The zero-order valence-corrected chi connectivity index (χ0v) is 18.9. The SMILES string of the molecule is CC(=O)Nc1ccc(S(=O)(=O)N2CCC(C(=O)Nc3cccc4c3ccn4C)CC2)cc1. The largest absolute Gasteiger partial charge is 0.350 e. The number of nitrogens with zero attached hydrogens (tertiary/aromatic N) is 2. The number of hydrogen-bond acceptors (Lipinski definition) is 4. The number of fused-ring (bicyclic) bond motifs is 1. The molecule has 8 nitrogen and oxygen atoms in total. The topological polar surface area (TPSA) is 101 Å². The van der Waals surface area contributed by atoms with E-state index < -0.39 is 10.0 Å². The minimum absolute atomic E-state index is 0.0851. The molecule has 3 aromatic rings. The van der Waals surface area contributed by atoms with E-state index in [9.17, 15) is 18.0 Å². The number of amides is 2. The van der Waals surface area contributed by atoms with Crippen molar-refractivity contribution in [3.05, 3.63) is 54.7 Å². The van der Waals surface area contributed by atoms with Crippen LogP contribution in [0.2, 0.25) is 0 Å². The van der Waals surface area contributed by atoms with Gasteiger partial charge in [-0.05, 0) is 55.3 Å². The average Bonchev–Trinajstić information content (AvgIpc) is 3.16. The Morgan fingerprint density at radius 3 is 2.31 bits per heavy atom. The van der Waals surface area contributed by atoms with Crippen LogP contribution in [-0.4, -0.2) is 42.2 Å². The number of nitrogens with one attached hydrogen (secondary N) is 2. The maximum Gasteiger partial charge on any atom is 0.243 e. The summed E-state index contributed by atoms with van der Waals surface area (Å²) < 4.78 is 29.4. The maximum absolute atomic E-state index is 13.0. The summed E-state index contributed by atoms with van der Waals surface area (Å²) in [5.74, 6) is -0.551. The standard InChI is InChI=1S/C23H26N4O4S/c1-16(28)24-18-6-8-19(9-7-18)32(30,31)27-14-10-17(11-15-27)23(29)25-21-4-3-5-22-20(21)12-13-26(22)2/h3-9,12-13,17H,10-11,14-15H2,1-2H3,(H,24,28)(H,25,29). The maximum atomic E-state index is 13.0. The highest BCUT2D eigenvalue weighted by Crippen LogP contribution is 2.28. The lowest BCUT2D eigenvalue weighted by molar-refractivity contribution is -0.121. The van der Waals surface area contributed by atoms with Crippen molar-refractivity contribution in [1.82, 2.24) is 8.87 Å². The first-order valence-electron chi connectivity index (χ1n) is 10.5. The van der Waals surface area contributed by atoms with Gasteiger partial charge in [-0.3, -0.25) is 9.59 Å². The van der Waals surface area contributed by atoms with Gasteiger partial charge in [0.25, 0.3) is 0 Å². The van der Waals surface area contributed by atoms with Gasteiger partial charge in [0.15, 0.2) is 0 Å². The summed E-state index contributed by atoms with van der Waals surface area (Å²) in [5, 5.41) is 6.62. The van der Waals surface area contributed by atoms with Gasteiger partial charge in [0.2, 0.25) is 21.8 Å². The van der Waals surface area contributed by atoms with Crippen molar-refractivity contribution in [2.24, 2.45) is 13.0 Å². The lowest BCUT2D eigenvalue weighted by Crippen LogP contribution is -2.41. The van der Waals surface area contributed by atoms with Crippen molar-refractivity contribution in [2.45, 2.75) is 24.7 Å². The second-order valence-electron chi connectivity index (χ2n) is 8.04. The lowest BCUT2D eigenvalue weighted by Gasteiger charge is -2.30. The van der Waals surface area contributed by atoms with Gasteiger partial charge < -0.3 is 15.2 Å². The molecule has 2 amide bonds. The zero-order valence-electron chi connectivity index (χ0n) is 18.0. The van der Waals surface area contributed by atoms with E-state index in [1.807, 2.05) is 42.1 Å². The van der Waals surface area contributed by atoms with Crippen LogP contribution in [0.15, 0.2) is 59.6 Å². The molecule has 2 aromatic carbocycles. The molecule has 0 atom stereocenters. The number of hydrogen-bond donors (Lipinski definition) is 2. The molecule has 1 fully saturated rings. The van der Waals surface area contributed by atoms with Gasteiger partial charge in [-0.2, -0.15) is 4.31 Å². The molecule has 2 N–H and O–H groups in total. The van der Waals surface area contributed by atoms with Crippen LogP contribution < -0.4 is 10.6 Å². The minimum atomic E-state index is -3.66. The molecule has 1 aromatic heterocycles. The third kappa shape index (κ3) is 4.39. The molecule has 1 aliphatic rings. The summed E-state index contributed by atoms with van der Waals surface area (Å²) in [5.41, 5.74) is 2.34. The number of aryl methyl sites for hydroxylation is 1. The van der Waals surface area contributed by atoms with Gasteiger partial charge in [-0.25, -0.2) is 8.42 Å². The van der Waals surface area contributed by atoms with E-state index in [1.54, 1.807) is 12.1 Å². The number of carbonyl (C=O) groups is 2. The highest BCUT2D eigenvalue weighted by molar-refractivity contribution is 7.89. The lowest BCUT2D eigenvalue weighted by atomic mass is 9.97. The number of rotatable bonds is 5. The molecule has 168 valence electrons. The highest BCUT2D eigenvalue weighted by atomic mass is 32.2. The Labute approximate surface area is 187 Å². The molecule has 9 heteroatoms. The van der Waals surface area contributed by atoms with Gasteiger partial charge in [-0.1, -0.05) is 6.07 Å². The van der Waals surface area contributed by atoms with Crippen LogP contribution in [0.3, 0.4) is 0 Å². The summed E-state index contributed by atoms with van der Waals surface area (Å²) in [6.07, 6.45) is 2.87. The van der Waals surface area contributed by atoms with Crippen LogP contribution in [0, 0.1) is 5.92 Å². The Kier molecular flexibility index (Phi) is 6.03. The number of sulfonamides is 1. The van der Waals surface area contributed by atoms with E-state index >= 15 is 0 Å². The molecular formula is C23H26N4O4S. The molecular weight excluding hydrogens is 428 g/mol. The van der Waals surface area contributed by atoms with E-state index in [0.29, 0.717) is 18.5 Å². The molecule has 0 saturated carbocycles. The first-order valence-corrected chi connectivity index (χ1v) is 11.9. The fraction of sp³-hybridized carbons (Fsp3) is 0.304. The normalized spacial score (nSPS) is 15.6.